The molecule has 0 heterocycles. The monoisotopic (exact) mass is 375 g/mol. The van der Waals surface area contributed by atoms with Gasteiger partial charge in [-0.25, -0.2) is 4.39 Å². The van der Waals surface area contributed by atoms with Crippen molar-refractivity contribution in [2.24, 2.45) is 0 Å². The Morgan fingerprint density at radius 3 is 2.55 bits per heavy atom. The molecule has 0 saturated carbocycles. The molecular weight excluding hydrogens is 364 g/mol. The van der Waals surface area contributed by atoms with Crippen LogP contribution in [0.1, 0.15) is 24.1 Å². The largest absolute Gasteiger partial charge is 0.306 e. The van der Waals surface area contributed by atoms with Gasteiger partial charge in [-0.1, -0.05) is 52.1 Å². The van der Waals surface area contributed by atoms with Crippen LogP contribution in [0, 0.1) is 5.82 Å². The number of nitrogens with one attached hydrogen (secondary N) is 1. The number of rotatable bonds is 4. The standard InChI is InChI=1S/C15H13BrCl2FN/c1-2-20-15(11-5-4-10(17)8-13(11)18)12-7-9(16)3-6-14(12)19/h3-8,15,20H,2H2,1H3. The average Bonchev–Trinajstić information content (AvgIpc) is 2.40. The predicted molar refractivity (Wildman–Crippen MR) is 86.1 cm³/mol. The zero-order chi connectivity index (χ0) is 14.7. The summed E-state index contributed by atoms with van der Waals surface area (Å²) in [5, 5.41) is 4.33. The lowest BCUT2D eigenvalue weighted by Gasteiger charge is -2.21. The molecule has 5 heteroatoms. The van der Waals surface area contributed by atoms with E-state index < -0.39 is 0 Å². The van der Waals surface area contributed by atoms with Gasteiger partial charge in [0.25, 0.3) is 0 Å². The topological polar surface area (TPSA) is 12.0 Å². The van der Waals surface area contributed by atoms with Gasteiger partial charge < -0.3 is 5.32 Å². The summed E-state index contributed by atoms with van der Waals surface area (Å²) in [4.78, 5) is 0. The predicted octanol–water partition coefficient (Wildman–Crippen LogP) is 5.59. The molecule has 20 heavy (non-hydrogen) atoms. The van der Waals surface area contributed by atoms with Gasteiger partial charge in [-0.3, -0.25) is 0 Å². The Kier molecular flexibility index (Phi) is 5.44. The lowest BCUT2D eigenvalue weighted by molar-refractivity contribution is 0.558. The summed E-state index contributed by atoms with van der Waals surface area (Å²) in [7, 11) is 0. The molecule has 0 amide bonds. The molecule has 2 aromatic carbocycles. The van der Waals surface area contributed by atoms with Gasteiger partial charge in [-0.2, -0.15) is 0 Å². The third kappa shape index (κ3) is 3.53. The molecule has 0 saturated heterocycles. The zero-order valence-corrected chi connectivity index (χ0v) is 13.9. The first-order valence-electron chi connectivity index (χ1n) is 6.16. The van der Waals surface area contributed by atoms with Crippen molar-refractivity contribution in [2.45, 2.75) is 13.0 Å². The SMILES string of the molecule is CCNC(c1cc(Br)ccc1F)c1ccc(Cl)cc1Cl. The Morgan fingerprint density at radius 2 is 1.90 bits per heavy atom. The van der Waals surface area contributed by atoms with E-state index >= 15 is 0 Å². The van der Waals surface area contributed by atoms with Crippen LogP contribution in [0.5, 0.6) is 0 Å². The van der Waals surface area contributed by atoms with Crippen LogP contribution >= 0.6 is 39.1 Å². The molecule has 2 rings (SSSR count). The summed E-state index contributed by atoms with van der Waals surface area (Å²) in [5.41, 5.74) is 1.35. The first-order valence-corrected chi connectivity index (χ1v) is 7.71. The summed E-state index contributed by atoms with van der Waals surface area (Å²) >= 11 is 15.5. The lowest BCUT2D eigenvalue weighted by atomic mass is 9.98. The Hall–Kier alpha value is -0.610. The maximum Gasteiger partial charge on any atom is 0.128 e. The third-order valence-corrected chi connectivity index (χ3v) is 4.01. The van der Waals surface area contributed by atoms with Crippen LogP contribution in [0.2, 0.25) is 10.0 Å². The van der Waals surface area contributed by atoms with Crippen molar-refractivity contribution >= 4 is 39.1 Å². The van der Waals surface area contributed by atoms with Gasteiger partial charge in [-0.15, -0.1) is 0 Å². The van der Waals surface area contributed by atoms with Crippen molar-refractivity contribution in [3.8, 4) is 0 Å². The molecule has 106 valence electrons. The van der Waals surface area contributed by atoms with Crippen molar-refractivity contribution in [3.63, 3.8) is 0 Å². The number of halogens is 4. The molecule has 0 fully saturated rings. The van der Waals surface area contributed by atoms with E-state index in [0.717, 1.165) is 10.0 Å². The first-order chi connectivity index (χ1) is 9.52. The molecule has 0 aliphatic heterocycles. The zero-order valence-electron chi connectivity index (χ0n) is 10.8. The van der Waals surface area contributed by atoms with Crippen molar-refractivity contribution in [3.05, 3.63) is 67.9 Å². The minimum absolute atomic E-state index is 0.273. The molecule has 1 N–H and O–H groups in total. The molecule has 0 aromatic heterocycles. The summed E-state index contributed by atoms with van der Waals surface area (Å²) in [6.07, 6.45) is 0. The Labute approximate surface area is 136 Å². The van der Waals surface area contributed by atoms with Crippen LogP contribution < -0.4 is 5.32 Å². The lowest BCUT2D eigenvalue weighted by Crippen LogP contribution is -2.23. The molecule has 0 spiro atoms. The highest BCUT2D eigenvalue weighted by atomic mass is 79.9. The number of hydrogen-bond donors (Lipinski definition) is 1. The van der Waals surface area contributed by atoms with E-state index in [1.165, 1.54) is 6.07 Å². The van der Waals surface area contributed by atoms with Crippen molar-refractivity contribution < 1.29 is 4.39 Å². The van der Waals surface area contributed by atoms with Gasteiger partial charge in [0.05, 0.1) is 6.04 Å². The van der Waals surface area contributed by atoms with Crippen LogP contribution in [0.15, 0.2) is 40.9 Å². The van der Waals surface area contributed by atoms with Crippen molar-refractivity contribution in [2.75, 3.05) is 6.54 Å². The molecule has 2 aromatic rings. The number of hydrogen-bond acceptors (Lipinski definition) is 1. The fraction of sp³-hybridized carbons (Fsp3) is 0.200. The summed E-state index contributed by atoms with van der Waals surface area (Å²) in [5.74, 6) is -0.273. The van der Waals surface area contributed by atoms with Crippen LogP contribution in [-0.2, 0) is 0 Å². The Morgan fingerprint density at radius 1 is 1.15 bits per heavy atom. The average molecular weight is 377 g/mol. The fourth-order valence-electron chi connectivity index (χ4n) is 2.06. The van der Waals surface area contributed by atoms with Gasteiger partial charge in [0.2, 0.25) is 0 Å². The second-order valence-corrected chi connectivity index (χ2v) is 6.08. The normalized spacial score (nSPS) is 12.4. The first kappa shape index (κ1) is 15.8. The second-order valence-electron chi connectivity index (χ2n) is 4.32. The van der Waals surface area contributed by atoms with E-state index in [1.807, 2.05) is 13.0 Å². The quantitative estimate of drug-likeness (QED) is 0.732. The van der Waals surface area contributed by atoms with E-state index in [-0.39, 0.29) is 11.9 Å². The molecule has 0 aliphatic carbocycles. The van der Waals surface area contributed by atoms with E-state index in [9.17, 15) is 4.39 Å². The molecular formula is C15H13BrCl2FN. The van der Waals surface area contributed by atoms with E-state index in [0.29, 0.717) is 22.2 Å². The van der Waals surface area contributed by atoms with Crippen molar-refractivity contribution in [1.82, 2.24) is 5.32 Å². The van der Waals surface area contributed by atoms with Crippen LogP contribution in [0.25, 0.3) is 0 Å². The highest BCUT2D eigenvalue weighted by molar-refractivity contribution is 9.10. The minimum Gasteiger partial charge on any atom is -0.306 e. The van der Waals surface area contributed by atoms with Gasteiger partial charge in [0.15, 0.2) is 0 Å². The van der Waals surface area contributed by atoms with Gasteiger partial charge >= 0.3 is 0 Å². The summed E-state index contributed by atoms with van der Waals surface area (Å²) in [6, 6.07) is 9.79. The molecule has 1 unspecified atom stereocenters. The molecule has 1 atom stereocenters. The van der Waals surface area contributed by atoms with Gasteiger partial charge in [0.1, 0.15) is 5.82 Å². The minimum atomic E-state index is -0.317. The van der Waals surface area contributed by atoms with Crippen molar-refractivity contribution in [1.29, 1.82) is 0 Å². The highest BCUT2D eigenvalue weighted by Crippen LogP contribution is 2.32. The van der Waals surface area contributed by atoms with Crippen LogP contribution in [0.4, 0.5) is 4.39 Å². The fourth-order valence-corrected chi connectivity index (χ4v) is 2.96. The highest BCUT2D eigenvalue weighted by Gasteiger charge is 2.20. The van der Waals surface area contributed by atoms with E-state index in [1.54, 1.807) is 24.3 Å². The second kappa shape index (κ2) is 6.90. The summed E-state index contributed by atoms with van der Waals surface area (Å²) < 4.78 is 14.9. The molecule has 1 nitrogen and oxygen atoms in total. The Bertz CT molecular complexity index is 619. The molecule has 0 bridgehead atoms. The van der Waals surface area contributed by atoms with Crippen LogP contribution in [0.3, 0.4) is 0 Å². The number of benzene rings is 2. The molecule has 0 radical (unpaired) electrons. The smallest absolute Gasteiger partial charge is 0.128 e. The van der Waals surface area contributed by atoms with Crippen LogP contribution in [-0.4, -0.2) is 6.54 Å². The van der Waals surface area contributed by atoms with E-state index in [2.05, 4.69) is 21.2 Å². The van der Waals surface area contributed by atoms with Gasteiger partial charge in [0, 0.05) is 20.1 Å². The van der Waals surface area contributed by atoms with E-state index in [4.69, 9.17) is 23.2 Å². The maximum absolute atomic E-state index is 14.1. The molecule has 0 aliphatic rings. The third-order valence-electron chi connectivity index (χ3n) is 2.95. The maximum atomic E-state index is 14.1. The summed E-state index contributed by atoms with van der Waals surface area (Å²) in [6.45, 7) is 2.66. The Balaban J connectivity index is 2.53. The van der Waals surface area contributed by atoms with Gasteiger partial charge in [-0.05, 0) is 42.4 Å².